The first-order valence-corrected chi connectivity index (χ1v) is 12.5. The Morgan fingerprint density at radius 2 is 1.82 bits per heavy atom. The van der Waals surface area contributed by atoms with Crippen molar-refractivity contribution in [1.82, 2.24) is 4.90 Å². The van der Waals surface area contributed by atoms with E-state index in [1.807, 2.05) is 4.90 Å². The van der Waals surface area contributed by atoms with E-state index in [2.05, 4.69) is 25.5 Å². The van der Waals surface area contributed by atoms with Crippen LogP contribution in [0, 0.1) is 20.9 Å². The van der Waals surface area contributed by atoms with Crippen LogP contribution in [0.3, 0.4) is 0 Å². The molecule has 2 aromatic rings. The van der Waals surface area contributed by atoms with Gasteiger partial charge in [-0.2, -0.15) is 0 Å². The van der Waals surface area contributed by atoms with Gasteiger partial charge in [0.15, 0.2) is 0 Å². The van der Waals surface area contributed by atoms with Crippen molar-refractivity contribution in [1.29, 1.82) is 0 Å². The molecule has 2 aliphatic rings. The monoisotopic (exact) mass is 491 g/mol. The van der Waals surface area contributed by atoms with E-state index in [-0.39, 0.29) is 39.2 Å². The molecule has 1 aliphatic carbocycles. The molecule has 2 bridgehead atoms. The first kappa shape index (κ1) is 23.5. The molecule has 1 aliphatic heterocycles. The van der Waals surface area contributed by atoms with E-state index < -0.39 is 19.8 Å². The molecular weight excluding hydrogens is 466 g/mol. The van der Waals surface area contributed by atoms with Gasteiger partial charge in [-0.05, 0) is 60.4 Å². The molecule has 0 spiro atoms. The highest BCUT2D eigenvalue weighted by Gasteiger charge is 2.51. The molecule has 2 atom stereocenters. The standard InChI is InChI=1S/C23H26ClN3O5S/c1-22(2)11-18-12-23(3,13-22)14-26(18)21(28)15-4-6-16(7-5-15)25-33(31,32)20-10-17(27(29)30)8-9-19(20)24/h4-10,18,25H,11-14H2,1-3H3/t18-,23+/m0/s1. The summed E-state index contributed by atoms with van der Waals surface area (Å²) in [4.78, 5) is 25.1. The number of carbonyl (C=O) groups is 1. The van der Waals surface area contributed by atoms with Gasteiger partial charge >= 0.3 is 0 Å². The van der Waals surface area contributed by atoms with E-state index >= 15 is 0 Å². The van der Waals surface area contributed by atoms with Crippen molar-refractivity contribution in [3.63, 3.8) is 0 Å². The van der Waals surface area contributed by atoms with E-state index in [0.717, 1.165) is 37.9 Å². The Morgan fingerprint density at radius 3 is 2.45 bits per heavy atom. The van der Waals surface area contributed by atoms with Crippen molar-refractivity contribution in [3.05, 3.63) is 63.2 Å². The first-order chi connectivity index (χ1) is 15.3. The lowest BCUT2D eigenvalue weighted by Crippen LogP contribution is -2.37. The maximum absolute atomic E-state index is 13.2. The van der Waals surface area contributed by atoms with Crippen molar-refractivity contribution in [2.24, 2.45) is 10.8 Å². The van der Waals surface area contributed by atoms with Crippen LogP contribution in [0.25, 0.3) is 0 Å². The topological polar surface area (TPSA) is 110 Å². The summed E-state index contributed by atoms with van der Waals surface area (Å²) in [6.45, 7) is 7.46. The number of rotatable bonds is 5. The van der Waals surface area contributed by atoms with Crippen molar-refractivity contribution >= 4 is 38.9 Å². The van der Waals surface area contributed by atoms with Crippen LogP contribution in [0.15, 0.2) is 47.4 Å². The Labute approximate surface area is 198 Å². The van der Waals surface area contributed by atoms with Crippen molar-refractivity contribution in [2.45, 2.75) is 51.0 Å². The smallest absolute Gasteiger partial charge is 0.270 e. The lowest BCUT2D eigenvalue weighted by molar-refractivity contribution is -0.385. The van der Waals surface area contributed by atoms with Gasteiger partial charge in [0.05, 0.1) is 9.95 Å². The Morgan fingerprint density at radius 1 is 1.15 bits per heavy atom. The van der Waals surface area contributed by atoms with E-state index in [4.69, 9.17) is 11.6 Å². The molecule has 0 aromatic heterocycles. The number of likely N-dealkylation sites (tertiary alicyclic amines) is 1. The molecule has 1 amide bonds. The molecule has 2 aromatic carbocycles. The molecule has 0 radical (unpaired) electrons. The van der Waals surface area contributed by atoms with Crippen LogP contribution < -0.4 is 4.72 Å². The number of amides is 1. The molecule has 1 saturated heterocycles. The quantitative estimate of drug-likeness (QED) is 0.462. The van der Waals surface area contributed by atoms with Crippen LogP contribution in [-0.2, 0) is 10.0 Å². The van der Waals surface area contributed by atoms with Crippen LogP contribution in [0.5, 0.6) is 0 Å². The summed E-state index contributed by atoms with van der Waals surface area (Å²) >= 11 is 5.97. The molecule has 4 rings (SSSR count). The Bertz CT molecular complexity index is 1230. The number of fused-ring (bicyclic) bond motifs is 2. The number of nitro benzene ring substituents is 1. The normalized spacial score (nSPS) is 23.9. The van der Waals surface area contributed by atoms with Crippen LogP contribution in [0.4, 0.5) is 11.4 Å². The van der Waals surface area contributed by atoms with Crippen molar-refractivity contribution in [3.8, 4) is 0 Å². The summed E-state index contributed by atoms with van der Waals surface area (Å²) in [7, 11) is -4.16. The second-order valence-electron chi connectivity index (χ2n) is 10.2. The van der Waals surface area contributed by atoms with Gasteiger partial charge in [0.25, 0.3) is 21.6 Å². The average molecular weight is 492 g/mol. The molecule has 0 unspecified atom stereocenters. The molecule has 10 heteroatoms. The molecular formula is C23H26ClN3O5S. The molecule has 1 N–H and O–H groups in total. The summed E-state index contributed by atoms with van der Waals surface area (Å²) in [6, 6.07) is 9.61. The minimum Gasteiger partial charge on any atom is -0.335 e. The second kappa shape index (κ2) is 7.99. The zero-order valence-corrected chi connectivity index (χ0v) is 20.2. The minimum atomic E-state index is -4.16. The highest BCUT2D eigenvalue weighted by molar-refractivity contribution is 7.92. The van der Waals surface area contributed by atoms with Gasteiger partial charge in [-0.1, -0.05) is 32.4 Å². The first-order valence-electron chi connectivity index (χ1n) is 10.7. The highest BCUT2D eigenvalue weighted by Crippen LogP contribution is 2.52. The van der Waals surface area contributed by atoms with Crippen LogP contribution in [0.1, 0.15) is 50.4 Å². The maximum Gasteiger partial charge on any atom is 0.270 e. The largest absolute Gasteiger partial charge is 0.335 e. The van der Waals surface area contributed by atoms with E-state index in [1.54, 1.807) is 12.1 Å². The SMILES string of the molecule is CC1(C)C[C@H]2C[C@@](C)(CN2C(=O)c2ccc(NS(=O)(=O)c3cc([N+](=O)[O-])ccc3Cl)cc2)C1. The maximum atomic E-state index is 13.2. The number of sulfonamides is 1. The fraction of sp³-hybridized carbons (Fsp3) is 0.435. The van der Waals surface area contributed by atoms with Gasteiger partial charge < -0.3 is 4.90 Å². The number of nitrogens with one attached hydrogen (secondary N) is 1. The van der Waals surface area contributed by atoms with Crippen molar-refractivity contribution in [2.75, 3.05) is 11.3 Å². The number of carbonyl (C=O) groups excluding carboxylic acids is 1. The zero-order chi connectivity index (χ0) is 24.2. The Hall–Kier alpha value is -2.65. The number of hydrogen-bond acceptors (Lipinski definition) is 5. The lowest BCUT2D eigenvalue weighted by Gasteiger charge is -2.39. The van der Waals surface area contributed by atoms with Crippen LogP contribution in [-0.4, -0.2) is 36.7 Å². The van der Waals surface area contributed by atoms with Gasteiger partial charge in [-0.15, -0.1) is 0 Å². The van der Waals surface area contributed by atoms with Gasteiger partial charge in [0.1, 0.15) is 4.90 Å². The third kappa shape index (κ3) is 4.70. The molecule has 1 heterocycles. The number of nitrogens with zero attached hydrogens (tertiary/aromatic N) is 2. The molecule has 8 nitrogen and oxygen atoms in total. The number of anilines is 1. The fourth-order valence-electron chi connectivity index (χ4n) is 5.57. The summed E-state index contributed by atoms with van der Waals surface area (Å²) in [5.41, 5.74) is 0.647. The highest BCUT2D eigenvalue weighted by atomic mass is 35.5. The van der Waals surface area contributed by atoms with Gasteiger partial charge in [-0.25, -0.2) is 8.42 Å². The van der Waals surface area contributed by atoms with Crippen LogP contribution >= 0.6 is 11.6 Å². The molecule has 33 heavy (non-hydrogen) atoms. The Kier molecular flexibility index (Phi) is 5.69. The lowest BCUT2D eigenvalue weighted by atomic mass is 9.65. The second-order valence-corrected chi connectivity index (χ2v) is 12.3. The molecule has 1 saturated carbocycles. The van der Waals surface area contributed by atoms with E-state index in [9.17, 15) is 23.3 Å². The van der Waals surface area contributed by atoms with E-state index in [0.29, 0.717) is 5.56 Å². The van der Waals surface area contributed by atoms with Gasteiger partial charge in [-0.3, -0.25) is 19.6 Å². The summed E-state index contributed by atoms with van der Waals surface area (Å²) in [5, 5.41) is 10.9. The number of non-ortho nitro benzene ring substituents is 1. The number of benzene rings is 2. The predicted molar refractivity (Wildman–Crippen MR) is 126 cm³/mol. The average Bonchev–Trinajstić information content (AvgIpc) is 2.96. The minimum absolute atomic E-state index is 0.0578. The third-order valence-electron chi connectivity index (χ3n) is 6.47. The molecule has 176 valence electrons. The van der Waals surface area contributed by atoms with Crippen LogP contribution in [0.2, 0.25) is 5.02 Å². The number of hydrogen-bond donors (Lipinski definition) is 1. The number of halogens is 1. The van der Waals surface area contributed by atoms with E-state index in [1.165, 1.54) is 18.2 Å². The predicted octanol–water partition coefficient (Wildman–Crippen LogP) is 5.09. The van der Waals surface area contributed by atoms with Gasteiger partial charge in [0.2, 0.25) is 0 Å². The fourth-order valence-corrected chi connectivity index (χ4v) is 7.14. The van der Waals surface area contributed by atoms with Gasteiger partial charge in [0, 0.05) is 36.0 Å². The summed E-state index contributed by atoms with van der Waals surface area (Å²) in [5.74, 6) is -0.0578. The van der Waals surface area contributed by atoms with Crippen molar-refractivity contribution < 1.29 is 18.1 Å². The third-order valence-corrected chi connectivity index (χ3v) is 8.34. The summed E-state index contributed by atoms with van der Waals surface area (Å²) in [6.07, 6.45) is 3.06. The number of nitro groups is 1. The summed E-state index contributed by atoms with van der Waals surface area (Å²) < 4.78 is 27.9. The zero-order valence-electron chi connectivity index (χ0n) is 18.7. The Balaban J connectivity index is 1.52. The molecule has 2 fully saturated rings.